The van der Waals surface area contributed by atoms with Crippen molar-refractivity contribution in [2.75, 3.05) is 13.6 Å². The molecule has 0 spiro atoms. The van der Waals surface area contributed by atoms with E-state index in [9.17, 15) is 0 Å². The molecule has 0 N–H and O–H groups in total. The average molecular weight is 376 g/mol. The number of rotatable bonds is 6. The van der Waals surface area contributed by atoms with Crippen LogP contribution in [0.1, 0.15) is 31.2 Å². The highest BCUT2D eigenvalue weighted by molar-refractivity contribution is 9.10. The van der Waals surface area contributed by atoms with E-state index in [1.54, 1.807) is 0 Å². The van der Waals surface area contributed by atoms with Gasteiger partial charge in [0.15, 0.2) is 0 Å². The van der Waals surface area contributed by atoms with E-state index < -0.39 is 0 Å². The first-order valence-corrected chi connectivity index (χ1v) is 8.43. The number of aryl methyl sites for hydroxylation is 1. The Balaban J connectivity index is 2.18. The number of benzene rings is 1. The first-order chi connectivity index (χ1) is 11.0. The van der Waals surface area contributed by atoms with Gasteiger partial charge in [-0.1, -0.05) is 30.3 Å². The van der Waals surface area contributed by atoms with Crippen LogP contribution in [0.3, 0.4) is 0 Å². The van der Waals surface area contributed by atoms with Crippen molar-refractivity contribution in [3.05, 3.63) is 52.1 Å². The molecule has 0 saturated carbocycles. The predicted octanol–water partition coefficient (Wildman–Crippen LogP) is 4.90. The summed E-state index contributed by atoms with van der Waals surface area (Å²) in [6, 6.07) is 12.0. The van der Waals surface area contributed by atoms with Crippen molar-refractivity contribution in [3.63, 3.8) is 0 Å². The largest absolute Gasteiger partial charge is 0.469 e. The van der Waals surface area contributed by atoms with E-state index >= 15 is 0 Å². The van der Waals surface area contributed by atoms with E-state index in [4.69, 9.17) is 4.74 Å². The topological polar surface area (TPSA) is 37.7 Å². The summed E-state index contributed by atoms with van der Waals surface area (Å²) in [4.78, 5) is 11.0. The van der Waals surface area contributed by atoms with Crippen LogP contribution in [0.25, 0.3) is 0 Å². The summed E-state index contributed by atoms with van der Waals surface area (Å²) in [7, 11) is 1.99. The first-order valence-electron chi connectivity index (χ1n) is 7.64. The molecule has 1 aromatic carbocycles. The molecule has 1 heterocycles. The van der Waals surface area contributed by atoms with E-state index in [0.717, 1.165) is 28.0 Å². The normalized spacial score (nSPS) is 12.4. The Labute approximate surface area is 146 Å². The summed E-state index contributed by atoms with van der Waals surface area (Å²) < 4.78 is 6.80. The quantitative estimate of drug-likeness (QED) is 0.531. The van der Waals surface area contributed by atoms with Gasteiger partial charge in [0.2, 0.25) is 5.88 Å². The number of aliphatic imine (C=N–C) groups is 1. The molecule has 4 nitrogen and oxygen atoms in total. The Morgan fingerprint density at radius 3 is 2.70 bits per heavy atom. The summed E-state index contributed by atoms with van der Waals surface area (Å²) in [5.41, 5.74) is 2.78. The minimum absolute atomic E-state index is 0.0695. The zero-order chi connectivity index (χ0) is 16.8. The summed E-state index contributed by atoms with van der Waals surface area (Å²) in [6.45, 7) is 6.94. The third kappa shape index (κ3) is 4.79. The minimum Gasteiger partial charge on any atom is -0.469 e. The van der Waals surface area contributed by atoms with Crippen LogP contribution < -0.4 is 4.74 Å². The van der Waals surface area contributed by atoms with Gasteiger partial charge in [0.25, 0.3) is 0 Å². The van der Waals surface area contributed by atoms with Crippen LogP contribution in [0, 0.1) is 6.92 Å². The monoisotopic (exact) mass is 375 g/mol. The molecule has 0 aliphatic carbocycles. The molecule has 5 heteroatoms. The second-order valence-corrected chi connectivity index (χ2v) is 6.22. The lowest BCUT2D eigenvalue weighted by Crippen LogP contribution is -2.14. The molecule has 0 radical (unpaired) electrons. The van der Waals surface area contributed by atoms with E-state index in [-0.39, 0.29) is 6.10 Å². The molecule has 1 atom stereocenters. The first kappa shape index (κ1) is 17.5. The van der Waals surface area contributed by atoms with E-state index in [1.807, 2.05) is 68.5 Å². The van der Waals surface area contributed by atoms with Crippen molar-refractivity contribution in [2.24, 2.45) is 4.99 Å². The smallest absolute Gasteiger partial charge is 0.228 e. The number of pyridine rings is 1. The van der Waals surface area contributed by atoms with Crippen LogP contribution in [0.15, 0.2) is 45.9 Å². The zero-order valence-electron chi connectivity index (χ0n) is 14.0. The highest BCUT2D eigenvalue weighted by atomic mass is 79.9. The summed E-state index contributed by atoms with van der Waals surface area (Å²) in [6.07, 6.45) is 1.74. The van der Waals surface area contributed by atoms with E-state index in [0.29, 0.717) is 5.88 Å². The third-order valence-electron chi connectivity index (χ3n) is 3.56. The fourth-order valence-electron chi connectivity index (χ4n) is 1.96. The van der Waals surface area contributed by atoms with Crippen molar-refractivity contribution in [2.45, 2.75) is 26.9 Å². The lowest BCUT2D eigenvalue weighted by molar-refractivity contribution is 0.215. The molecule has 0 bridgehead atoms. The van der Waals surface area contributed by atoms with Crippen LogP contribution in [0.5, 0.6) is 5.88 Å². The SMILES string of the molecule is CCN(C)/C=N/c1cc(Br)c(O[C@@H](C)c2ccccc2)nc1C. The Kier molecular flexibility index (Phi) is 6.16. The van der Waals surface area contributed by atoms with Crippen LogP contribution >= 0.6 is 15.9 Å². The van der Waals surface area contributed by atoms with Gasteiger partial charge < -0.3 is 9.64 Å². The minimum atomic E-state index is -0.0695. The van der Waals surface area contributed by atoms with Gasteiger partial charge in [-0.2, -0.15) is 0 Å². The predicted molar refractivity (Wildman–Crippen MR) is 98.6 cm³/mol. The molecule has 0 fully saturated rings. The highest BCUT2D eigenvalue weighted by Crippen LogP contribution is 2.32. The molecule has 0 aliphatic heterocycles. The van der Waals surface area contributed by atoms with Crippen LogP contribution in [0.4, 0.5) is 5.69 Å². The van der Waals surface area contributed by atoms with Gasteiger partial charge in [-0.05, 0) is 48.3 Å². The maximum Gasteiger partial charge on any atom is 0.228 e. The van der Waals surface area contributed by atoms with Crippen molar-refractivity contribution in [1.29, 1.82) is 0 Å². The molecular weight excluding hydrogens is 354 g/mol. The van der Waals surface area contributed by atoms with Gasteiger partial charge in [-0.3, -0.25) is 0 Å². The fourth-order valence-corrected chi connectivity index (χ4v) is 2.36. The van der Waals surface area contributed by atoms with Crippen molar-refractivity contribution in [3.8, 4) is 5.88 Å². The number of hydrogen-bond acceptors (Lipinski definition) is 3. The second kappa shape index (κ2) is 8.11. The second-order valence-electron chi connectivity index (χ2n) is 5.37. The van der Waals surface area contributed by atoms with Crippen molar-refractivity contribution in [1.82, 2.24) is 9.88 Å². The number of nitrogens with zero attached hydrogens (tertiary/aromatic N) is 3. The lowest BCUT2D eigenvalue weighted by atomic mass is 10.1. The molecule has 0 saturated heterocycles. The van der Waals surface area contributed by atoms with Crippen molar-refractivity contribution >= 4 is 28.0 Å². The molecule has 0 amide bonds. The number of aromatic nitrogens is 1. The van der Waals surface area contributed by atoms with Crippen molar-refractivity contribution < 1.29 is 4.74 Å². The van der Waals surface area contributed by atoms with Crippen LogP contribution in [-0.4, -0.2) is 29.8 Å². The molecule has 2 aromatic rings. The molecular formula is C18H22BrN3O. The zero-order valence-corrected chi connectivity index (χ0v) is 15.5. The number of hydrogen-bond donors (Lipinski definition) is 0. The molecule has 0 aliphatic rings. The molecule has 23 heavy (non-hydrogen) atoms. The van der Waals surface area contributed by atoms with Gasteiger partial charge in [0.05, 0.1) is 22.2 Å². The lowest BCUT2D eigenvalue weighted by Gasteiger charge is -2.16. The number of halogens is 1. The third-order valence-corrected chi connectivity index (χ3v) is 4.13. The fraction of sp³-hybridized carbons (Fsp3) is 0.333. The van der Waals surface area contributed by atoms with Crippen LogP contribution in [0.2, 0.25) is 0 Å². The standard InChI is InChI=1S/C18H22BrN3O/c1-5-22(4)12-20-17-11-16(19)18(21-13(17)2)23-14(3)15-9-7-6-8-10-15/h6-12,14H,5H2,1-4H3/b20-12+/t14-/m0/s1. The Morgan fingerprint density at radius 2 is 2.04 bits per heavy atom. The summed E-state index contributed by atoms with van der Waals surface area (Å²) in [5.74, 6) is 0.585. The Bertz CT molecular complexity index is 673. The molecule has 2 rings (SSSR count). The Morgan fingerprint density at radius 1 is 1.35 bits per heavy atom. The average Bonchev–Trinajstić information content (AvgIpc) is 2.57. The van der Waals surface area contributed by atoms with Gasteiger partial charge in [0, 0.05) is 13.6 Å². The van der Waals surface area contributed by atoms with E-state index in [1.165, 1.54) is 0 Å². The van der Waals surface area contributed by atoms with Gasteiger partial charge >= 0.3 is 0 Å². The summed E-state index contributed by atoms with van der Waals surface area (Å²) in [5, 5.41) is 0. The van der Waals surface area contributed by atoms with Gasteiger partial charge in [0.1, 0.15) is 6.10 Å². The molecule has 1 aromatic heterocycles. The molecule has 0 unspecified atom stereocenters. The van der Waals surface area contributed by atoms with Gasteiger partial charge in [-0.15, -0.1) is 0 Å². The maximum absolute atomic E-state index is 5.99. The highest BCUT2D eigenvalue weighted by Gasteiger charge is 2.13. The Hall–Kier alpha value is -1.88. The van der Waals surface area contributed by atoms with Crippen LogP contribution in [-0.2, 0) is 0 Å². The summed E-state index contributed by atoms with van der Waals surface area (Å²) >= 11 is 3.53. The van der Waals surface area contributed by atoms with E-state index in [2.05, 4.69) is 32.8 Å². The maximum atomic E-state index is 5.99. The number of ether oxygens (including phenoxy) is 1. The molecule has 122 valence electrons. The van der Waals surface area contributed by atoms with Gasteiger partial charge in [-0.25, -0.2) is 9.98 Å².